The maximum Gasteiger partial charge on any atom is 0.194 e. The van der Waals surface area contributed by atoms with Crippen LogP contribution in [-0.4, -0.2) is 49.3 Å². The molecule has 2 N–H and O–H groups in total. The van der Waals surface area contributed by atoms with E-state index in [4.69, 9.17) is 9.73 Å². The summed E-state index contributed by atoms with van der Waals surface area (Å²) in [5.41, 5.74) is 3.81. The van der Waals surface area contributed by atoms with Crippen molar-refractivity contribution in [1.29, 1.82) is 0 Å². The maximum atomic E-state index is 9.72. The molecule has 0 spiro atoms. The average Bonchev–Trinajstić information content (AvgIpc) is 2.75. The molecular formula is C23H29N3O2. The number of hydrogen-bond acceptors (Lipinski definition) is 3. The third-order valence-electron chi connectivity index (χ3n) is 4.89. The van der Waals surface area contributed by atoms with Crippen LogP contribution in [0.15, 0.2) is 59.6 Å². The van der Waals surface area contributed by atoms with Crippen molar-refractivity contribution in [2.75, 3.05) is 33.3 Å². The Morgan fingerprint density at radius 3 is 2.71 bits per heavy atom. The molecule has 1 aliphatic heterocycles. The van der Waals surface area contributed by atoms with Crippen molar-refractivity contribution >= 4 is 11.5 Å². The normalized spacial score (nSPS) is 14.6. The molecule has 1 heterocycles. The van der Waals surface area contributed by atoms with Crippen LogP contribution < -0.4 is 10.1 Å². The molecule has 2 aromatic carbocycles. The largest absolute Gasteiger partial charge is 0.504 e. The second-order valence-corrected chi connectivity index (χ2v) is 6.78. The summed E-state index contributed by atoms with van der Waals surface area (Å²) in [6, 6.07) is 16.0. The molecule has 0 fully saturated rings. The minimum Gasteiger partial charge on any atom is -0.504 e. The molecule has 0 saturated carbocycles. The Kier molecular flexibility index (Phi) is 6.95. The number of guanidine groups is 1. The third kappa shape index (κ3) is 5.06. The molecule has 0 amide bonds. The van der Waals surface area contributed by atoms with E-state index < -0.39 is 0 Å². The van der Waals surface area contributed by atoms with Crippen LogP contribution in [-0.2, 0) is 6.42 Å². The van der Waals surface area contributed by atoms with Crippen molar-refractivity contribution in [2.45, 2.75) is 19.8 Å². The van der Waals surface area contributed by atoms with Crippen molar-refractivity contribution in [3.8, 4) is 11.5 Å². The number of nitrogens with one attached hydrogen (secondary N) is 1. The first kappa shape index (κ1) is 19.8. The summed E-state index contributed by atoms with van der Waals surface area (Å²) in [5, 5.41) is 13.1. The summed E-state index contributed by atoms with van der Waals surface area (Å²) in [7, 11) is 1.56. The van der Waals surface area contributed by atoms with E-state index in [2.05, 4.69) is 53.5 Å². The molecular weight excluding hydrogens is 350 g/mol. The van der Waals surface area contributed by atoms with E-state index in [1.165, 1.54) is 11.1 Å². The van der Waals surface area contributed by atoms with E-state index in [1.807, 2.05) is 12.1 Å². The fourth-order valence-electron chi connectivity index (χ4n) is 3.37. The van der Waals surface area contributed by atoms with Crippen molar-refractivity contribution < 1.29 is 9.84 Å². The Balaban J connectivity index is 1.62. The number of methoxy groups -OCH3 is 1. The van der Waals surface area contributed by atoms with E-state index in [0.717, 1.165) is 44.0 Å². The highest BCUT2D eigenvalue weighted by molar-refractivity contribution is 5.81. The van der Waals surface area contributed by atoms with Gasteiger partial charge < -0.3 is 20.1 Å². The van der Waals surface area contributed by atoms with Gasteiger partial charge in [-0.25, -0.2) is 0 Å². The highest BCUT2D eigenvalue weighted by atomic mass is 16.5. The minimum atomic E-state index is 0.164. The topological polar surface area (TPSA) is 57.1 Å². The van der Waals surface area contributed by atoms with E-state index in [9.17, 15) is 5.11 Å². The van der Waals surface area contributed by atoms with Crippen LogP contribution in [0.1, 0.15) is 24.5 Å². The van der Waals surface area contributed by atoms with Gasteiger partial charge in [0, 0.05) is 26.2 Å². The average molecular weight is 380 g/mol. The van der Waals surface area contributed by atoms with Crippen LogP contribution in [0, 0.1) is 0 Å². The first-order valence-corrected chi connectivity index (χ1v) is 9.85. The van der Waals surface area contributed by atoms with Crippen LogP contribution in [0.3, 0.4) is 0 Å². The molecule has 3 rings (SSSR count). The van der Waals surface area contributed by atoms with Gasteiger partial charge in [-0.3, -0.25) is 4.99 Å². The molecule has 0 bridgehead atoms. The number of aliphatic imine (C=N–C) groups is 1. The summed E-state index contributed by atoms with van der Waals surface area (Å²) < 4.78 is 5.18. The minimum absolute atomic E-state index is 0.164. The van der Waals surface area contributed by atoms with Crippen LogP contribution in [0.4, 0.5) is 0 Å². The van der Waals surface area contributed by atoms with Crippen molar-refractivity contribution in [3.05, 3.63) is 65.7 Å². The molecule has 0 radical (unpaired) electrons. The standard InChI is InChI=1S/C23H29N3O2/c1-3-24-23(25-14-11-18-9-10-21(27)22(17-18)28-2)26-15-12-20(13-16-26)19-7-5-4-6-8-19/h4-10,12,17,27H,3,11,13-16H2,1-2H3,(H,24,25). The van der Waals surface area contributed by atoms with Gasteiger partial charge >= 0.3 is 0 Å². The summed E-state index contributed by atoms with van der Waals surface area (Å²) in [6.45, 7) is 5.44. The molecule has 0 aromatic heterocycles. The third-order valence-corrected chi connectivity index (χ3v) is 4.89. The number of aromatic hydroxyl groups is 1. The molecule has 148 valence electrons. The van der Waals surface area contributed by atoms with Crippen molar-refractivity contribution in [2.24, 2.45) is 4.99 Å². The van der Waals surface area contributed by atoms with Gasteiger partial charge in [-0.15, -0.1) is 0 Å². The lowest BCUT2D eigenvalue weighted by molar-refractivity contribution is 0.373. The smallest absolute Gasteiger partial charge is 0.194 e. The van der Waals surface area contributed by atoms with Crippen LogP contribution >= 0.6 is 0 Å². The SMILES string of the molecule is CCNC(=NCCc1ccc(O)c(OC)c1)N1CC=C(c2ccccc2)CC1. The molecule has 1 aliphatic rings. The number of benzene rings is 2. The highest BCUT2D eigenvalue weighted by Crippen LogP contribution is 2.26. The Morgan fingerprint density at radius 1 is 1.21 bits per heavy atom. The zero-order valence-electron chi connectivity index (χ0n) is 16.7. The van der Waals surface area contributed by atoms with Gasteiger partial charge in [0.15, 0.2) is 17.5 Å². The lowest BCUT2D eigenvalue weighted by Gasteiger charge is -2.30. The van der Waals surface area contributed by atoms with Gasteiger partial charge in [-0.2, -0.15) is 0 Å². The quantitative estimate of drug-likeness (QED) is 0.594. The number of phenols is 1. The van der Waals surface area contributed by atoms with Crippen LogP contribution in [0.25, 0.3) is 5.57 Å². The van der Waals surface area contributed by atoms with E-state index in [1.54, 1.807) is 13.2 Å². The lowest BCUT2D eigenvalue weighted by Crippen LogP contribution is -2.43. The van der Waals surface area contributed by atoms with Gasteiger partial charge in [0.1, 0.15) is 0 Å². The Morgan fingerprint density at radius 2 is 2.04 bits per heavy atom. The second kappa shape index (κ2) is 9.83. The number of nitrogens with zero attached hydrogens (tertiary/aromatic N) is 2. The van der Waals surface area contributed by atoms with Gasteiger partial charge in [0.2, 0.25) is 0 Å². The summed E-state index contributed by atoms with van der Waals surface area (Å²) in [4.78, 5) is 7.11. The first-order chi connectivity index (χ1) is 13.7. The Labute approximate surface area is 167 Å². The van der Waals surface area contributed by atoms with Crippen molar-refractivity contribution in [3.63, 3.8) is 0 Å². The van der Waals surface area contributed by atoms with Gasteiger partial charge in [0.05, 0.1) is 7.11 Å². The Bertz CT molecular complexity index is 831. The fourth-order valence-corrected chi connectivity index (χ4v) is 3.37. The molecule has 0 atom stereocenters. The zero-order chi connectivity index (χ0) is 19.8. The maximum absolute atomic E-state index is 9.72. The zero-order valence-corrected chi connectivity index (χ0v) is 16.7. The monoisotopic (exact) mass is 379 g/mol. The van der Waals surface area contributed by atoms with Crippen LogP contribution in [0.5, 0.6) is 11.5 Å². The molecule has 0 aliphatic carbocycles. The fraction of sp³-hybridized carbons (Fsp3) is 0.348. The van der Waals surface area contributed by atoms with E-state index >= 15 is 0 Å². The van der Waals surface area contributed by atoms with Crippen molar-refractivity contribution in [1.82, 2.24) is 10.2 Å². The predicted molar refractivity (Wildman–Crippen MR) is 115 cm³/mol. The molecule has 2 aromatic rings. The molecule has 0 saturated heterocycles. The Hall–Kier alpha value is -2.95. The number of rotatable bonds is 6. The summed E-state index contributed by atoms with van der Waals surface area (Å²) in [6.07, 6.45) is 4.12. The van der Waals surface area contributed by atoms with Crippen LogP contribution in [0.2, 0.25) is 0 Å². The predicted octanol–water partition coefficient (Wildman–Crippen LogP) is 3.70. The first-order valence-electron chi connectivity index (χ1n) is 9.85. The van der Waals surface area contributed by atoms with Gasteiger partial charge in [0.25, 0.3) is 0 Å². The van der Waals surface area contributed by atoms with Gasteiger partial charge in [-0.05, 0) is 48.6 Å². The highest BCUT2D eigenvalue weighted by Gasteiger charge is 2.16. The number of ether oxygens (including phenoxy) is 1. The van der Waals surface area contributed by atoms with E-state index in [-0.39, 0.29) is 5.75 Å². The van der Waals surface area contributed by atoms with E-state index in [0.29, 0.717) is 12.3 Å². The molecule has 5 nitrogen and oxygen atoms in total. The number of hydrogen-bond donors (Lipinski definition) is 2. The molecule has 28 heavy (non-hydrogen) atoms. The lowest BCUT2D eigenvalue weighted by atomic mass is 10.00. The molecule has 5 heteroatoms. The summed E-state index contributed by atoms with van der Waals surface area (Å²) >= 11 is 0. The second-order valence-electron chi connectivity index (χ2n) is 6.78. The van der Waals surface area contributed by atoms with Gasteiger partial charge in [-0.1, -0.05) is 42.5 Å². The summed E-state index contributed by atoms with van der Waals surface area (Å²) in [5.74, 6) is 1.62. The molecule has 0 unspecified atom stereocenters. The number of phenolic OH excluding ortho intramolecular Hbond substituents is 1.